The van der Waals surface area contributed by atoms with Gasteiger partial charge in [-0.05, 0) is 46.0 Å². The minimum absolute atomic E-state index is 1.13. The van der Waals surface area contributed by atoms with Crippen molar-refractivity contribution in [3.05, 3.63) is 0 Å². The number of aromatic nitrogens is 2. The number of hydrogen-bond donors (Lipinski definition) is 0. The molecule has 1 aromatic rings. The normalized spacial score (nSPS) is 11.3. The monoisotopic (exact) mass is 438 g/mol. The Bertz CT molecular complexity index is 366. The summed E-state index contributed by atoms with van der Waals surface area (Å²) in [7, 11) is 7.60. The standard InChI is InChI=1S/C18H34N2S5/c1-3-5-7-9-11-13-15-21-24-17-18(23-20-19-17)25-22-16-14-12-10-8-6-4-2/h3-16H2,1-2H3. The summed E-state index contributed by atoms with van der Waals surface area (Å²) in [5, 5.41) is 5.43. The molecule has 0 aliphatic carbocycles. The van der Waals surface area contributed by atoms with Crippen molar-refractivity contribution in [3.8, 4) is 0 Å². The molecule has 0 saturated carbocycles. The molecule has 146 valence electrons. The molecule has 1 aromatic heterocycles. The second-order valence-corrected chi connectivity index (χ2v) is 12.1. The van der Waals surface area contributed by atoms with Crippen molar-refractivity contribution >= 4 is 54.7 Å². The first-order valence-electron chi connectivity index (χ1n) is 9.79. The van der Waals surface area contributed by atoms with Crippen LogP contribution in [0.3, 0.4) is 0 Å². The molecule has 0 aromatic carbocycles. The summed E-state index contributed by atoms with van der Waals surface area (Å²) in [4.78, 5) is 0. The van der Waals surface area contributed by atoms with Gasteiger partial charge in [0, 0.05) is 11.5 Å². The molecule has 2 nitrogen and oxygen atoms in total. The van der Waals surface area contributed by atoms with Crippen LogP contribution in [0.15, 0.2) is 9.24 Å². The van der Waals surface area contributed by atoms with Gasteiger partial charge >= 0.3 is 0 Å². The van der Waals surface area contributed by atoms with E-state index >= 15 is 0 Å². The highest BCUT2D eigenvalue weighted by Crippen LogP contribution is 2.43. The summed E-state index contributed by atoms with van der Waals surface area (Å²) < 4.78 is 5.43. The molecule has 0 N–H and O–H groups in total. The van der Waals surface area contributed by atoms with Gasteiger partial charge in [0.05, 0.1) is 0 Å². The van der Waals surface area contributed by atoms with Crippen LogP contribution in [-0.2, 0) is 0 Å². The quantitative estimate of drug-likeness (QED) is 0.168. The van der Waals surface area contributed by atoms with Crippen LogP contribution in [0.1, 0.15) is 90.9 Å². The van der Waals surface area contributed by atoms with E-state index in [0.29, 0.717) is 0 Å². The molecule has 0 aliphatic rings. The summed E-state index contributed by atoms with van der Waals surface area (Å²) in [6.45, 7) is 4.55. The number of hydrogen-bond acceptors (Lipinski definition) is 7. The lowest BCUT2D eigenvalue weighted by molar-refractivity contribution is 0.627. The average Bonchev–Trinajstić information content (AvgIpc) is 3.07. The SMILES string of the molecule is CCCCCCCCSSc1nnsc1SSCCCCCCCC. The van der Waals surface area contributed by atoms with Gasteiger partial charge in [-0.25, -0.2) is 0 Å². The van der Waals surface area contributed by atoms with Crippen molar-refractivity contribution in [3.63, 3.8) is 0 Å². The lowest BCUT2D eigenvalue weighted by atomic mass is 10.1. The fraction of sp³-hybridized carbons (Fsp3) is 0.889. The Kier molecular flexibility index (Phi) is 17.6. The van der Waals surface area contributed by atoms with Crippen LogP contribution in [0.2, 0.25) is 0 Å². The lowest BCUT2D eigenvalue weighted by Crippen LogP contribution is -1.81. The summed E-state index contributed by atoms with van der Waals surface area (Å²) >= 11 is 1.55. The first kappa shape index (κ1) is 24.0. The van der Waals surface area contributed by atoms with Gasteiger partial charge in [-0.15, -0.1) is 5.10 Å². The lowest BCUT2D eigenvalue weighted by Gasteiger charge is -2.02. The first-order chi connectivity index (χ1) is 12.4. The van der Waals surface area contributed by atoms with Gasteiger partial charge < -0.3 is 0 Å². The van der Waals surface area contributed by atoms with Crippen molar-refractivity contribution in [2.45, 2.75) is 100 Å². The third-order valence-corrected chi connectivity index (χ3v) is 10.1. The van der Waals surface area contributed by atoms with Gasteiger partial charge in [0.2, 0.25) is 0 Å². The van der Waals surface area contributed by atoms with Crippen molar-refractivity contribution in [2.24, 2.45) is 0 Å². The molecule has 25 heavy (non-hydrogen) atoms. The van der Waals surface area contributed by atoms with E-state index in [1.165, 1.54) is 92.8 Å². The Morgan fingerprint density at radius 3 is 1.80 bits per heavy atom. The fourth-order valence-corrected chi connectivity index (χ4v) is 8.34. The zero-order chi connectivity index (χ0) is 18.0. The predicted molar refractivity (Wildman–Crippen MR) is 123 cm³/mol. The van der Waals surface area contributed by atoms with Crippen LogP contribution in [0.25, 0.3) is 0 Å². The fourth-order valence-electron chi connectivity index (χ4n) is 2.35. The molecular formula is C18H34N2S5. The Morgan fingerprint density at radius 2 is 1.20 bits per heavy atom. The van der Waals surface area contributed by atoms with E-state index in [1.807, 2.05) is 43.2 Å². The Morgan fingerprint density at radius 1 is 0.680 bits per heavy atom. The highest BCUT2D eigenvalue weighted by atomic mass is 33.1. The van der Waals surface area contributed by atoms with E-state index in [2.05, 4.69) is 23.4 Å². The maximum absolute atomic E-state index is 4.30. The maximum atomic E-state index is 4.30. The van der Waals surface area contributed by atoms with Gasteiger partial charge in [0.25, 0.3) is 0 Å². The van der Waals surface area contributed by atoms with Crippen LogP contribution in [0.4, 0.5) is 0 Å². The van der Waals surface area contributed by atoms with Gasteiger partial charge in [-0.3, -0.25) is 0 Å². The molecule has 0 saturated heterocycles. The molecule has 0 unspecified atom stereocenters. The third-order valence-electron chi connectivity index (χ3n) is 3.86. The summed E-state index contributed by atoms with van der Waals surface area (Å²) in [6, 6.07) is 0. The van der Waals surface area contributed by atoms with Gasteiger partial charge in [0.1, 0.15) is 4.21 Å². The van der Waals surface area contributed by atoms with Crippen LogP contribution < -0.4 is 0 Å². The highest BCUT2D eigenvalue weighted by Gasteiger charge is 2.10. The maximum Gasteiger partial charge on any atom is 0.156 e. The van der Waals surface area contributed by atoms with Gasteiger partial charge in [-0.1, -0.05) is 104 Å². The predicted octanol–water partition coefficient (Wildman–Crippen LogP) is 8.74. The van der Waals surface area contributed by atoms with E-state index in [9.17, 15) is 0 Å². The molecule has 0 radical (unpaired) electrons. The van der Waals surface area contributed by atoms with Crippen LogP contribution in [0, 0.1) is 0 Å². The molecule has 0 spiro atoms. The van der Waals surface area contributed by atoms with E-state index < -0.39 is 0 Å². The second kappa shape index (κ2) is 18.3. The Balaban J connectivity index is 2.00. The summed E-state index contributed by atoms with van der Waals surface area (Å²) in [5.41, 5.74) is 0. The summed E-state index contributed by atoms with van der Waals surface area (Å²) in [6.07, 6.45) is 16.5. The smallest absolute Gasteiger partial charge is 0.129 e. The molecule has 7 heteroatoms. The van der Waals surface area contributed by atoms with E-state index in [1.54, 1.807) is 11.5 Å². The minimum Gasteiger partial charge on any atom is -0.129 e. The highest BCUT2D eigenvalue weighted by molar-refractivity contribution is 8.78. The molecule has 1 rings (SSSR count). The molecular weight excluding hydrogens is 405 g/mol. The van der Waals surface area contributed by atoms with Crippen molar-refractivity contribution < 1.29 is 0 Å². The minimum atomic E-state index is 1.13. The Labute approximate surface area is 175 Å². The molecule has 0 fully saturated rings. The first-order valence-corrected chi connectivity index (χ1v) is 15.2. The van der Waals surface area contributed by atoms with E-state index in [4.69, 9.17) is 0 Å². The van der Waals surface area contributed by atoms with Gasteiger partial charge in [0.15, 0.2) is 5.03 Å². The van der Waals surface area contributed by atoms with Gasteiger partial charge in [-0.2, -0.15) is 0 Å². The summed E-state index contributed by atoms with van der Waals surface area (Å²) in [5.74, 6) is 2.47. The number of unbranched alkanes of at least 4 members (excludes halogenated alkanes) is 10. The van der Waals surface area contributed by atoms with Crippen LogP contribution in [-0.4, -0.2) is 21.1 Å². The van der Waals surface area contributed by atoms with E-state index in [0.717, 1.165) is 5.03 Å². The molecule has 0 amide bonds. The van der Waals surface area contributed by atoms with Crippen molar-refractivity contribution in [2.75, 3.05) is 11.5 Å². The largest absolute Gasteiger partial charge is 0.156 e. The van der Waals surface area contributed by atoms with Crippen LogP contribution in [0.5, 0.6) is 0 Å². The molecule has 1 heterocycles. The second-order valence-electron chi connectivity index (χ2n) is 6.21. The Hall–Kier alpha value is 0.960. The van der Waals surface area contributed by atoms with Crippen LogP contribution >= 0.6 is 54.7 Å². The third kappa shape index (κ3) is 13.7. The zero-order valence-corrected chi connectivity index (χ0v) is 19.9. The average molecular weight is 439 g/mol. The number of nitrogens with zero attached hydrogens (tertiary/aromatic N) is 2. The van der Waals surface area contributed by atoms with E-state index in [-0.39, 0.29) is 0 Å². The molecule has 0 atom stereocenters. The molecule has 0 bridgehead atoms. The zero-order valence-electron chi connectivity index (χ0n) is 15.8. The molecule has 0 aliphatic heterocycles. The number of rotatable bonds is 18. The topological polar surface area (TPSA) is 25.8 Å². The van der Waals surface area contributed by atoms with Crippen molar-refractivity contribution in [1.82, 2.24) is 9.59 Å². The van der Waals surface area contributed by atoms with Crippen molar-refractivity contribution in [1.29, 1.82) is 0 Å².